The van der Waals surface area contributed by atoms with Gasteiger partial charge in [-0.25, -0.2) is 9.59 Å². The van der Waals surface area contributed by atoms with Gasteiger partial charge in [0.25, 0.3) is 0 Å². The monoisotopic (exact) mass is 242 g/mol. The van der Waals surface area contributed by atoms with Crippen molar-refractivity contribution in [2.45, 2.75) is 45.6 Å². The van der Waals surface area contributed by atoms with Crippen molar-refractivity contribution in [3.63, 3.8) is 0 Å². The molecule has 1 atom stereocenters. The number of carbonyl (C=O) groups excluding carboxylic acids is 1. The van der Waals surface area contributed by atoms with Crippen molar-refractivity contribution in [3.8, 4) is 0 Å². The molecule has 1 aliphatic rings. The summed E-state index contributed by atoms with van der Waals surface area (Å²) in [5.74, 6) is -0.158. The largest absolute Gasteiger partial charge is 0.480 e. The second-order valence-corrected chi connectivity index (χ2v) is 5.17. The standard InChI is InChI=1S/C12H22N2O3/c1-8(2)6-10(11(15)16)14-12(17)13-7-9-4-3-5-9/h8-10H,3-7H2,1-2H3,(H,15,16)(H2,13,14,17). The maximum Gasteiger partial charge on any atom is 0.326 e. The van der Waals surface area contributed by atoms with Crippen LogP contribution in [-0.4, -0.2) is 29.7 Å². The Labute approximate surface area is 102 Å². The molecule has 3 N–H and O–H groups in total. The van der Waals surface area contributed by atoms with Gasteiger partial charge in [0.15, 0.2) is 0 Å². The molecule has 0 aliphatic heterocycles. The second kappa shape index (κ2) is 6.47. The number of nitrogens with one attached hydrogen (secondary N) is 2. The van der Waals surface area contributed by atoms with Crippen molar-refractivity contribution in [3.05, 3.63) is 0 Å². The van der Waals surface area contributed by atoms with Gasteiger partial charge in [-0.3, -0.25) is 0 Å². The average molecular weight is 242 g/mol. The molecule has 5 nitrogen and oxygen atoms in total. The maximum absolute atomic E-state index is 11.5. The van der Waals surface area contributed by atoms with E-state index in [2.05, 4.69) is 10.6 Å². The van der Waals surface area contributed by atoms with Gasteiger partial charge in [0.05, 0.1) is 0 Å². The van der Waals surface area contributed by atoms with Gasteiger partial charge in [-0.1, -0.05) is 20.3 Å². The van der Waals surface area contributed by atoms with E-state index in [-0.39, 0.29) is 11.9 Å². The zero-order chi connectivity index (χ0) is 12.8. The zero-order valence-electron chi connectivity index (χ0n) is 10.5. The number of urea groups is 1. The second-order valence-electron chi connectivity index (χ2n) is 5.17. The summed E-state index contributed by atoms with van der Waals surface area (Å²) in [5.41, 5.74) is 0. The van der Waals surface area contributed by atoms with Gasteiger partial charge in [0.1, 0.15) is 6.04 Å². The Kier molecular flexibility index (Phi) is 5.25. The predicted octanol–water partition coefficient (Wildman–Crippen LogP) is 1.59. The van der Waals surface area contributed by atoms with Crippen LogP contribution in [-0.2, 0) is 4.79 Å². The van der Waals surface area contributed by atoms with Crippen LogP contribution in [0.25, 0.3) is 0 Å². The molecule has 17 heavy (non-hydrogen) atoms. The van der Waals surface area contributed by atoms with E-state index in [9.17, 15) is 9.59 Å². The molecule has 0 aromatic carbocycles. The normalized spacial score (nSPS) is 17.4. The number of aliphatic carboxylic acids is 1. The Bertz CT molecular complexity index is 275. The minimum absolute atomic E-state index is 0.239. The first-order valence-electron chi connectivity index (χ1n) is 6.26. The fourth-order valence-electron chi connectivity index (χ4n) is 1.84. The van der Waals surface area contributed by atoms with E-state index >= 15 is 0 Å². The third kappa shape index (κ3) is 5.06. The maximum atomic E-state index is 11.5. The van der Waals surface area contributed by atoms with Crippen molar-refractivity contribution in [2.24, 2.45) is 11.8 Å². The molecule has 1 fully saturated rings. The molecule has 0 saturated heterocycles. The highest BCUT2D eigenvalue weighted by Gasteiger charge is 2.22. The summed E-state index contributed by atoms with van der Waals surface area (Å²) in [6, 6.07) is -1.17. The van der Waals surface area contributed by atoms with Crippen LogP contribution in [0.15, 0.2) is 0 Å². The van der Waals surface area contributed by atoms with Gasteiger partial charge in [0, 0.05) is 6.54 Å². The van der Waals surface area contributed by atoms with Crippen LogP contribution >= 0.6 is 0 Å². The smallest absolute Gasteiger partial charge is 0.326 e. The molecule has 0 aromatic rings. The van der Waals surface area contributed by atoms with Crippen molar-refractivity contribution < 1.29 is 14.7 Å². The molecule has 2 amide bonds. The van der Waals surface area contributed by atoms with E-state index < -0.39 is 12.0 Å². The van der Waals surface area contributed by atoms with Gasteiger partial charge >= 0.3 is 12.0 Å². The summed E-state index contributed by atoms with van der Waals surface area (Å²) < 4.78 is 0. The van der Waals surface area contributed by atoms with Crippen molar-refractivity contribution in [1.82, 2.24) is 10.6 Å². The van der Waals surface area contributed by atoms with E-state index in [0.29, 0.717) is 18.9 Å². The minimum atomic E-state index is -0.975. The SMILES string of the molecule is CC(C)CC(NC(=O)NCC1CCC1)C(=O)O. The van der Waals surface area contributed by atoms with Gasteiger partial charge in [-0.05, 0) is 31.1 Å². The molecule has 0 spiro atoms. The molecule has 98 valence electrons. The third-order valence-electron chi connectivity index (χ3n) is 3.09. The predicted molar refractivity (Wildman–Crippen MR) is 64.8 cm³/mol. The topological polar surface area (TPSA) is 78.4 Å². The minimum Gasteiger partial charge on any atom is -0.480 e. The molecule has 0 radical (unpaired) electrons. The molecule has 1 rings (SSSR count). The summed E-state index contributed by atoms with van der Waals surface area (Å²) in [4.78, 5) is 22.4. The van der Waals surface area contributed by atoms with Gasteiger partial charge < -0.3 is 15.7 Å². The lowest BCUT2D eigenvalue weighted by molar-refractivity contribution is -0.139. The van der Waals surface area contributed by atoms with E-state index in [0.717, 1.165) is 12.8 Å². The molecule has 1 saturated carbocycles. The number of carboxylic acid groups (broad SMARTS) is 1. The van der Waals surface area contributed by atoms with Crippen molar-refractivity contribution >= 4 is 12.0 Å². The summed E-state index contributed by atoms with van der Waals surface area (Å²) in [5, 5.41) is 14.2. The van der Waals surface area contributed by atoms with Crippen LogP contribution in [0, 0.1) is 11.8 Å². The Morgan fingerprint density at radius 2 is 2.00 bits per heavy atom. The number of carbonyl (C=O) groups is 2. The van der Waals surface area contributed by atoms with Gasteiger partial charge in [0.2, 0.25) is 0 Å². The summed E-state index contributed by atoms with van der Waals surface area (Å²) >= 11 is 0. The fraction of sp³-hybridized carbons (Fsp3) is 0.833. The molecule has 0 bridgehead atoms. The van der Waals surface area contributed by atoms with Crippen LogP contribution in [0.5, 0.6) is 0 Å². The van der Waals surface area contributed by atoms with Crippen LogP contribution in [0.3, 0.4) is 0 Å². The highest BCUT2D eigenvalue weighted by Crippen LogP contribution is 2.24. The summed E-state index contributed by atoms with van der Waals surface area (Å²) in [6.45, 7) is 4.52. The Morgan fingerprint density at radius 1 is 1.35 bits per heavy atom. The number of hydrogen-bond donors (Lipinski definition) is 3. The lowest BCUT2D eigenvalue weighted by Gasteiger charge is -2.26. The van der Waals surface area contributed by atoms with E-state index in [1.165, 1.54) is 6.42 Å². The van der Waals surface area contributed by atoms with E-state index in [4.69, 9.17) is 5.11 Å². The fourth-order valence-corrected chi connectivity index (χ4v) is 1.84. The summed E-state index contributed by atoms with van der Waals surface area (Å²) in [7, 11) is 0. The highest BCUT2D eigenvalue weighted by molar-refractivity contribution is 5.82. The van der Waals surface area contributed by atoms with Gasteiger partial charge in [-0.2, -0.15) is 0 Å². The lowest BCUT2D eigenvalue weighted by Crippen LogP contribution is -2.48. The molecular formula is C12H22N2O3. The highest BCUT2D eigenvalue weighted by atomic mass is 16.4. The molecule has 0 aromatic heterocycles. The number of amides is 2. The third-order valence-corrected chi connectivity index (χ3v) is 3.09. The average Bonchev–Trinajstić information content (AvgIpc) is 2.13. The van der Waals surface area contributed by atoms with Crippen molar-refractivity contribution in [1.29, 1.82) is 0 Å². The van der Waals surface area contributed by atoms with Crippen molar-refractivity contribution in [2.75, 3.05) is 6.54 Å². The molecular weight excluding hydrogens is 220 g/mol. The first-order valence-corrected chi connectivity index (χ1v) is 6.26. The molecule has 0 heterocycles. The van der Waals surface area contributed by atoms with Crippen LogP contribution in [0.2, 0.25) is 0 Å². The van der Waals surface area contributed by atoms with Crippen LogP contribution < -0.4 is 10.6 Å². The molecule has 1 unspecified atom stereocenters. The molecule has 1 aliphatic carbocycles. The Balaban J connectivity index is 2.27. The Morgan fingerprint density at radius 3 is 2.41 bits per heavy atom. The van der Waals surface area contributed by atoms with E-state index in [1.54, 1.807) is 0 Å². The molecule has 5 heteroatoms. The summed E-state index contributed by atoms with van der Waals surface area (Å²) in [6.07, 6.45) is 4.01. The number of hydrogen-bond acceptors (Lipinski definition) is 2. The zero-order valence-corrected chi connectivity index (χ0v) is 10.5. The first kappa shape index (κ1) is 13.8. The van der Waals surface area contributed by atoms with E-state index in [1.807, 2.05) is 13.8 Å². The van der Waals surface area contributed by atoms with Gasteiger partial charge in [-0.15, -0.1) is 0 Å². The van der Waals surface area contributed by atoms with Crippen LogP contribution in [0.4, 0.5) is 4.79 Å². The first-order chi connectivity index (χ1) is 7.99. The number of rotatable bonds is 6. The van der Waals surface area contributed by atoms with Crippen LogP contribution in [0.1, 0.15) is 39.5 Å². The quantitative estimate of drug-likeness (QED) is 0.661. The number of carboxylic acids is 1. The Hall–Kier alpha value is -1.26. The lowest BCUT2D eigenvalue weighted by atomic mass is 9.85.